The predicted octanol–water partition coefficient (Wildman–Crippen LogP) is 2.50. The number of hydrogen-bond acceptors (Lipinski definition) is 3. The summed E-state index contributed by atoms with van der Waals surface area (Å²) in [5.74, 6) is -0.389. The Morgan fingerprint density at radius 2 is 1.75 bits per heavy atom. The number of hydrogen-bond donors (Lipinski definition) is 1. The molecule has 0 aromatic heterocycles. The van der Waals surface area contributed by atoms with E-state index in [4.69, 9.17) is 4.74 Å². The van der Waals surface area contributed by atoms with E-state index in [1.54, 1.807) is 4.90 Å². The summed E-state index contributed by atoms with van der Waals surface area (Å²) in [5, 5.41) is 2.89. The first kappa shape index (κ1) is 16.1. The van der Waals surface area contributed by atoms with Gasteiger partial charge in [-0.3, -0.25) is 0 Å². The van der Waals surface area contributed by atoms with Crippen LogP contribution >= 0.6 is 0 Å². The summed E-state index contributed by atoms with van der Waals surface area (Å²) in [6.45, 7) is 0.822. The second-order valence-corrected chi connectivity index (χ2v) is 5.78. The number of carbonyl (C=O) groups is 2. The molecule has 1 N–H and O–H groups in total. The highest BCUT2D eigenvalue weighted by molar-refractivity contribution is 5.84. The smallest absolute Gasteiger partial charge is 0.329 e. The molecule has 5 heteroatoms. The molecular weight excluding hydrogens is 304 g/mol. The zero-order chi connectivity index (χ0) is 16.9. The van der Waals surface area contributed by atoms with Gasteiger partial charge in [0.25, 0.3) is 0 Å². The highest BCUT2D eigenvalue weighted by atomic mass is 16.5. The summed E-state index contributed by atoms with van der Waals surface area (Å²) < 4.78 is 4.89. The second-order valence-electron chi connectivity index (χ2n) is 5.78. The standard InChI is InChI=1S/C19H20N2O3/c1-24-18(22)17-11-15-9-5-6-10-16(15)13-21(17)19(23)20-12-14-7-3-2-4-8-14/h2-10,17H,11-13H2,1H3,(H,20,23)/t17-/m0/s1. The number of nitrogens with one attached hydrogen (secondary N) is 1. The molecule has 1 atom stereocenters. The Morgan fingerprint density at radius 3 is 2.46 bits per heavy atom. The maximum absolute atomic E-state index is 12.6. The molecule has 1 heterocycles. The number of rotatable bonds is 3. The van der Waals surface area contributed by atoms with Crippen molar-refractivity contribution in [3.63, 3.8) is 0 Å². The van der Waals surface area contributed by atoms with Crippen molar-refractivity contribution in [2.45, 2.75) is 25.6 Å². The van der Waals surface area contributed by atoms with Gasteiger partial charge in [0.1, 0.15) is 6.04 Å². The fourth-order valence-corrected chi connectivity index (χ4v) is 2.96. The molecule has 24 heavy (non-hydrogen) atoms. The quantitative estimate of drug-likeness (QED) is 0.883. The van der Waals surface area contributed by atoms with E-state index < -0.39 is 6.04 Å². The minimum absolute atomic E-state index is 0.260. The van der Waals surface area contributed by atoms with E-state index in [0.717, 1.165) is 16.7 Å². The van der Waals surface area contributed by atoms with Gasteiger partial charge in [-0.1, -0.05) is 54.6 Å². The first-order chi connectivity index (χ1) is 11.7. The van der Waals surface area contributed by atoms with Crippen molar-refractivity contribution in [2.24, 2.45) is 0 Å². The Morgan fingerprint density at radius 1 is 1.08 bits per heavy atom. The lowest BCUT2D eigenvalue weighted by molar-refractivity contribution is -0.146. The maximum atomic E-state index is 12.6. The fraction of sp³-hybridized carbons (Fsp3) is 0.263. The lowest BCUT2D eigenvalue weighted by Crippen LogP contribution is -2.52. The van der Waals surface area contributed by atoms with Gasteiger partial charge in [0.2, 0.25) is 0 Å². The molecule has 0 fully saturated rings. The van der Waals surface area contributed by atoms with Gasteiger partial charge in [0.15, 0.2) is 0 Å². The van der Waals surface area contributed by atoms with Gasteiger partial charge in [0.05, 0.1) is 7.11 Å². The Balaban J connectivity index is 1.75. The van der Waals surface area contributed by atoms with Gasteiger partial charge in [0, 0.05) is 19.5 Å². The first-order valence-corrected chi connectivity index (χ1v) is 7.92. The minimum atomic E-state index is -0.597. The lowest BCUT2D eigenvalue weighted by Gasteiger charge is -2.35. The summed E-state index contributed by atoms with van der Waals surface area (Å²) in [5.41, 5.74) is 3.16. The molecule has 0 saturated carbocycles. The Hall–Kier alpha value is -2.82. The number of esters is 1. The lowest BCUT2D eigenvalue weighted by atomic mass is 9.94. The van der Waals surface area contributed by atoms with Crippen LogP contribution in [0.4, 0.5) is 4.79 Å². The molecule has 2 aromatic carbocycles. The number of fused-ring (bicyclic) bond motifs is 1. The molecule has 0 bridgehead atoms. The van der Waals surface area contributed by atoms with Crippen molar-refractivity contribution in [3.05, 3.63) is 71.3 Å². The largest absolute Gasteiger partial charge is 0.467 e. The number of methoxy groups -OCH3 is 1. The van der Waals surface area contributed by atoms with E-state index in [0.29, 0.717) is 19.5 Å². The van der Waals surface area contributed by atoms with Crippen LogP contribution in [0.5, 0.6) is 0 Å². The number of carbonyl (C=O) groups excluding carboxylic acids is 2. The molecule has 0 unspecified atom stereocenters. The molecule has 0 aliphatic carbocycles. The SMILES string of the molecule is COC(=O)[C@@H]1Cc2ccccc2CN1C(=O)NCc1ccccc1. The Labute approximate surface area is 141 Å². The molecule has 1 aliphatic rings. The van der Waals surface area contributed by atoms with E-state index >= 15 is 0 Å². The van der Waals surface area contributed by atoms with Crippen molar-refractivity contribution in [1.82, 2.24) is 10.2 Å². The van der Waals surface area contributed by atoms with Crippen LogP contribution in [-0.2, 0) is 29.0 Å². The van der Waals surface area contributed by atoms with Crippen LogP contribution in [0.2, 0.25) is 0 Å². The monoisotopic (exact) mass is 324 g/mol. The molecule has 3 rings (SSSR count). The number of benzene rings is 2. The van der Waals surface area contributed by atoms with E-state index in [-0.39, 0.29) is 12.0 Å². The van der Waals surface area contributed by atoms with Gasteiger partial charge in [-0.2, -0.15) is 0 Å². The van der Waals surface area contributed by atoms with E-state index in [2.05, 4.69) is 5.32 Å². The van der Waals surface area contributed by atoms with Crippen molar-refractivity contribution in [1.29, 1.82) is 0 Å². The Bertz CT molecular complexity index is 730. The van der Waals surface area contributed by atoms with Crippen LogP contribution in [0.1, 0.15) is 16.7 Å². The summed E-state index contributed by atoms with van der Waals surface area (Å²) in [4.78, 5) is 26.3. The van der Waals surface area contributed by atoms with Gasteiger partial charge in [-0.25, -0.2) is 9.59 Å². The van der Waals surface area contributed by atoms with Crippen molar-refractivity contribution in [3.8, 4) is 0 Å². The van der Waals surface area contributed by atoms with Crippen molar-refractivity contribution < 1.29 is 14.3 Å². The number of urea groups is 1. The molecule has 1 aliphatic heterocycles. The van der Waals surface area contributed by atoms with E-state index in [9.17, 15) is 9.59 Å². The summed E-state index contributed by atoms with van der Waals surface area (Å²) in [7, 11) is 1.35. The first-order valence-electron chi connectivity index (χ1n) is 7.92. The number of amides is 2. The zero-order valence-corrected chi connectivity index (χ0v) is 13.6. The molecule has 124 valence electrons. The molecule has 2 aromatic rings. The Kier molecular flexibility index (Phi) is 4.79. The summed E-state index contributed by atoms with van der Waals surface area (Å²) in [6.07, 6.45) is 0.474. The maximum Gasteiger partial charge on any atom is 0.329 e. The molecule has 5 nitrogen and oxygen atoms in total. The van der Waals surface area contributed by atoms with Crippen LogP contribution in [0.25, 0.3) is 0 Å². The van der Waals surface area contributed by atoms with Crippen LogP contribution < -0.4 is 5.32 Å². The van der Waals surface area contributed by atoms with Gasteiger partial charge in [-0.05, 0) is 16.7 Å². The number of ether oxygens (including phenoxy) is 1. The van der Waals surface area contributed by atoms with Crippen LogP contribution in [0.15, 0.2) is 54.6 Å². The fourth-order valence-electron chi connectivity index (χ4n) is 2.96. The van der Waals surface area contributed by atoms with Gasteiger partial charge >= 0.3 is 12.0 Å². The molecule has 0 spiro atoms. The molecule has 2 amide bonds. The van der Waals surface area contributed by atoms with E-state index in [1.165, 1.54) is 7.11 Å². The van der Waals surface area contributed by atoms with Gasteiger partial charge < -0.3 is 15.0 Å². The van der Waals surface area contributed by atoms with Crippen molar-refractivity contribution >= 4 is 12.0 Å². The highest BCUT2D eigenvalue weighted by Crippen LogP contribution is 2.24. The molecular formula is C19H20N2O3. The molecule has 0 saturated heterocycles. The van der Waals surface area contributed by atoms with Crippen LogP contribution in [0, 0.1) is 0 Å². The van der Waals surface area contributed by atoms with Crippen LogP contribution in [0.3, 0.4) is 0 Å². The van der Waals surface area contributed by atoms with Crippen LogP contribution in [-0.4, -0.2) is 30.1 Å². The summed E-state index contributed by atoms with van der Waals surface area (Å²) in [6, 6.07) is 16.7. The normalized spacial score (nSPS) is 16.2. The third-order valence-corrected chi connectivity index (χ3v) is 4.27. The zero-order valence-electron chi connectivity index (χ0n) is 13.6. The topological polar surface area (TPSA) is 58.6 Å². The third-order valence-electron chi connectivity index (χ3n) is 4.27. The summed E-state index contributed by atoms with van der Waals surface area (Å²) >= 11 is 0. The second kappa shape index (κ2) is 7.17. The molecule has 0 radical (unpaired) electrons. The minimum Gasteiger partial charge on any atom is -0.467 e. The van der Waals surface area contributed by atoms with E-state index in [1.807, 2.05) is 54.6 Å². The van der Waals surface area contributed by atoms with Gasteiger partial charge in [-0.15, -0.1) is 0 Å². The number of nitrogens with zero attached hydrogens (tertiary/aromatic N) is 1. The van der Waals surface area contributed by atoms with Crippen molar-refractivity contribution in [2.75, 3.05) is 7.11 Å². The average molecular weight is 324 g/mol. The third kappa shape index (κ3) is 3.40. The average Bonchev–Trinajstić information content (AvgIpc) is 2.65. The predicted molar refractivity (Wildman–Crippen MR) is 90.2 cm³/mol. The highest BCUT2D eigenvalue weighted by Gasteiger charge is 2.35.